The highest BCUT2D eigenvalue weighted by Gasteiger charge is 2.22. The van der Waals surface area contributed by atoms with Crippen LogP contribution in [-0.4, -0.2) is 33.3 Å². The molecule has 2 heterocycles. The first-order valence-corrected chi connectivity index (χ1v) is 9.08. The number of aromatic nitrogens is 2. The number of phenols is 1. The summed E-state index contributed by atoms with van der Waals surface area (Å²) in [5, 5.41) is 17.8. The molecule has 1 aromatic heterocycles. The van der Waals surface area contributed by atoms with Crippen molar-refractivity contribution in [3.8, 4) is 17.2 Å². The van der Waals surface area contributed by atoms with Gasteiger partial charge in [0, 0.05) is 5.56 Å². The van der Waals surface area contributed by atoms with E-state index in [0.717, 1.165) is 31.5 Å². The van der Waals surface area contributed by atoms with Crippen molar-refractivity contribution in [3.05, 3.63) is 65.5 Å². The fraction of sp³-hybridized carbons (Fsp3) is 0.333. The quantitative estimate of drug-likeness (QED) is 0.767. The summed E-state index contributed by atoms with van der Waals surface area (Å²) in [6, 6.07) is 15.7. The number of aryl methyl sites for hydroxylation is 1. The number of likely N-dealkylation sites (tertiary alicyclic amines) is 1. The van der Waals surface area contributed by atoms with Crippen LogP contribution in [0.5, 0.6) is 5.75 Å². The van der Waals surface area contributed by atoms with E-state index in [4.69, 9.17) is 4.42 Å². The van der Waals surface area contributed by atoms with Crippen LogP contribution in [0.15, 0.2) is 52.9 Å². The number of aromatic hydroxyl groups is 1. The van der Waals surface area contributed by atoms with E-state index in [1.807, 2.05) is 24.3 Å². The maximum absolute atomic E-state index is 9.43. The molecule has 0 spiro atoms. The average Bonchev–Trinajstić information content (AvgIpc) is 3.12. The molecular formula is C21H23N3O2. The van der Waals surface area contributed by atoms with E-state index in [2.05, 4.69) is 34.2 Å². The Balaban J connectivity index is 1.35. The molecule has 3 aromatic rings. The van der Waals surface area contributed by atoms with Gasteiger partial charge in [0.2, 0.25) is 11.8 Å². The summed E-state index contributed by atoms with van der Waals surface area (Å²) >= 11 is 0. The first-order valence-electron chi connectivity index (χ1n) is 9.08. The van der Waals surface area contributed by atoms with Crippen LogP contribution in [0, 0.1) is 6.92 Å². The molecule has 1 aliphatic heterocycles. The molecule has 1 fully saturated rings. The molecule has 0 atom stereocenters. The molecule has 0 aliphatic carbocycles. The monoisotopic (exact) mass is 349 g/mol. The molecule has 5 heteroatoms. The van der Waals surface area contributed by atoms with Crippen LogP contribution in [-0.2, 0) is 6.54 Å². The van der Waals surface area contributed by atoms with Gasteiger partial charge in [0.15, 0.2) is 0 Å². The topological polar surface area (TPSA) is 62.4 Å². The van der Waals surface area contributed by atoms with Crippen molar-refractivity contribution in [1.29, 1.82) is 0 Å². The van der Waals surface area contributed by atoms with Crippen molar-refractivity contribution >= 4 is 0 Å². The lowest BCUT2D eigenvalue weighted by molar-refractivity contribution is 0.188. The van der Waals surface area contributed by atoms with Gasteiger partial charge in [0.05, 0.1) is 6.54 Å². The second kappa shape index (κ2) is 7.30. The zero-order chi connectivity index (χ0) is 17.9. The Morgan fingerprint density at radius 3 is 2.58 bits per heavy atom. The normalized spacial score (nSPS) is 16.0. The van der Waals surface area contributed by atoms with E-state index in [9.17, 15) is 5.11 Å². The van der Waals surface area contributed by atoms with Crippen molar-refractivity contribution in [2.24, 2.45) is 0 Å². The van der Waals surface area contributed by atoms with Gasteiger partial charge in [-0.3, -0.25) is 4.90 Å². The Morgan fingerprint density at radius 1 is 1.08 bits per heavy atom. The Hall–Kier alpha value is -2.66. The van der Waals surface area contributed by atoms with Gasteiger partial charge in [0.25, 0.3) is 0 Å². The van der Waals surface area contributed by atoms with E-state index in [0.29, 0.717) is 30.0 Å². The molecule has 1 N–H and O–H groups in total. The molecule has 0 radical (unpaired) electrons. The van der Waals surface area contributed by atoms with Crippen molar-refractivity contribution in [1.82, 2.24) is 15.1 Å². The summed E-state index contributed by atoms with van der Waals surface area (Å²) in [6.45, 7) is 4.77. The fourth-order valence-electron chi connectivity index (χ4n) is 3.57. The first-order chi connectivity index (χ1) is 12.7. The SMILES string of the molecule is Cc1cccc(-c2nnc(CN3CCC(c4ccc(O)cc4)CC3)o2)c1. The van der Waals surface area contributed by atoms with Crippen LogP contribution >= 0.6 is 0 Å². The molecule has 5 nitrogen and oxygen atoms in total. The van der Waals surface area contributed by atoms with E-state index in [1.165, 1.54) is 11.1 Å². The van der Waals surface area contributed by atoms with Gasteiger partial charge >= 0.3 is 0 Å². The highest BCUT2D eigenvalue weighted by molar-refractivity contribution is 5.53. The van der Waals surface area contributed by atoms with Gasteiger partial charge in [-0.05, 0) is 68.6 Å². The molecule has 0 saturated carbocycles. The third-order valence-corrected chi connectivity index (χ3v) is 5.04. The van der Waals surface area contributed by atoms with Gasteiger partial charge in [-0.1, -0.05) is 29.8 Å². The molecule has 0 unspecified atom stereocenters. The summed E-state index contributed by atoms with van der Waals surface area (Å²) in [7, 11) is 0. The van der Waals surface area contributed by atoms with Crippen molar-refractivity contribution in [2.45, 2.75) is 32.2 Å². The minimum Gasteiger partial charge on any atom is -0.508 e. The van der Waals surface area contributed by atoms with Gasteiger partial charge in [-0.15, -0.1) is 10.2 Å². The smallest absolute Gasteiger partial charge is 0.247 e. The Morgan fingerprint density at radius 2 is 1.85 bits per heavy atom. The molecular weight excluding hydrogens is 326 g/mol. The first kappa shape index (κ1) is 16.8. The Labute approximate surface area is 153 Å². The maximum Gasteiger partial charge on any atom is 0.247 e. The number of rotatable bonds is 4. The van der Waals surface area contributed by atoms with Crippen LogP contribution in [0.1, 0.15) is 35.8 Å². The van der Waals surface area contributed by atoms with E-state index < -0.39 is 0 Å². The average molecular weight is 349 g/mol. The summed E-state index contributed by atoms with van der Waals surface area (Å²) < 4.78 is 5.86. The predicted octanol–water partition coefficient (Wildman–Crippen LogP) is 4.13. The van der Waals surface area contributed by atoms with Gasteiger partial charge in [0.1, 0.15) is 5.75 Å². The lowest BCUT2D eigenvalue weighted by Gasteiger charge is -2.31. The van der Waals surface area contributed by atoms with Crippen molar-refractivity contribution in [2.75, 3.05) is 13.1 Å². The molecule has 0 amide bonds. The number of piperidine rings is 1. The minimum atomic E-state index is 0.326. The molecule has 2 aromatic carbocycles. The maximum atomic E-state index is 9.43. The summed E-state index contributed by atoms with van der Waals surface area (Å²) in [5.74, 6) is 2.14. The highest BCUT2D eigenvalue weighted by atomic mass is 16.4. The Kier molecular flexibility index (Phi) is 4.71. The van der Waals surface area contributed by atoms with Crippen LogP contribution in [0.25, 0.3) is 11.5 Å². The van der Waals surface area contributed by atoms with Gasteiger partial charge < -0.3 is 9.52 Å². The summed E-state index contributed by atoms with van der Waals surface area (Å²) in [4.78, 5) is 2.37. The number of hydrogen-bond acceptors (Lipinski definition) is 5. The third-order valence-electron chi connectivity index (χ3n) is 5.04. The lowest BCUT2D eigenvalue weighted by atomic mass is 9.89. The van der Waals surface area contributed by atoms with Crippen LogP contribution < -0.4 is 0 Å². The number of phenolic OH excluding ortho intramolecular Hbond substituents is 1. The molecule has 26 heavy (non-hydrogen) atoms. The molecule has 4 rings (SSSR count). The van der Waals surface area contributed by atoms with Gasteiger partial charge in [-0.25, -0.2) is 0 Å². The molecule has 1 saturated heterocycles. The Bertz CT molecular complexity index is 865. The zero-order valence-electron chi connectivity index (χ0n) is 14.9. The fourth-order valence-corrected chi connectivity index (χ4v) is 3.57. The summed E-state index contributed by atoms with van der Waals surface area (Å²) in [5.41, 5.74) is 3.45. The predicted molar refractivity (Wildman–Crippen MR) is 99.8 cm³/mol. The summed E-state index contributed by atoms with van der Waals surface area (Å²) in [6.07, 6.45) is 2.20. The van der Waals surface area contributed by atoms with Crippen molar-refractivity contribution < 1.29 is 9.52 Å². The largest absolute Gasteiger partial charge is 0.508 e. The zero-order valence-corrected chi connectivity index (χ0v) is 14.9. The van der Waals surface area contributed by atoms with Crippen molar-refractivity contribution in [3.63, 3.8) is 0 Å². The molecule has 1 aliphatic rings. The van der Waals surface area contributed by atoms with E-state index in [-0.39, 0.29) is 0 Å². The minimum absolute atomic E-state index is 0.326. The standard InChI is InChI=1S/C21H23N3O2/c1-15-3-2-4-18(13-15)21-23-22-20(26-21)14-24-11-9-17(10-12-24)16-5-7-19(25)8-6-16/h2-8,13,17,25H,9-12,14H2,1H3. The second-order valence-corrected chi connectivity index (χ2v) is 7.01. The lowest BCUT2D eigenvalue weighted by Crippen LogP contribution is -2.32. The third kappa shape index (κ3) is 3.78. The second-order valence-electron chi connectivity index (χ2n) is 7.01. The number of benzene rings is 2. The molecule has 0 bridgehead atoms. The van der Waals surface area contributed by atoms with E-state index in [1.54, 1.807) is 12.1 Å². The number of nitrogens with zero attached hydrogens (tertiary/aromatic N) is 3. The van der Waals surface area contributed by atoms with Crippen LogP contribution in [0.3, 0.4) is 0 Å². The van der Waals surface area contributed by atoms with Gasteiger partial charge in [-0.2, -0.15) is 0 Å². The molecule has 134 valence electrons. The van der Waals surface area contributed by atoms with Crippen LogP contribution in [0.2, 0.25) is 0 Å². The van der Waals surface area contributed by atoms with Crippen LogP contribution in [0.4, 0.5) is 0 Å². The number of hydrogen-bond donors (Lipinski definition) is 1. The van der Waals surface area contributed by atoms with E-state index >= 15 is 0 Å². The highest BCUT2D eigenvalue weighted by Crippen LogP contribution is 2.29.